The molecular weight excluding hydrogens is 250 g/mol. The van der Waals surface area contributed by atoms with E-state index < -0.39 is 0 Å². The molecule has 1 amide bonds. The molecule has 1 heterocycles. The Kier molecular flexibility index (Phi) is 5.56. The van der Waals surface area contributed by atoms with Gasteiger partial charge < -0.3 is 10.6 Å². The number of carbonyl (C=O) groups is 1. The van der Waals surface area contributed by atoms with Crippen LogP contribution in [0.1, 0.15) is 25.3 Å². The van der Waals surface area contributed by atoms with E-state index in [1.807, 2.05) is 11.0 Å². The third kappa shape index (κ3) is 3.81. The second-order valence-corrected chi connectivity index (χ2v) is 5.40. The maximum atomic E-state index is 11.8. The first-order valence-corrected chi connectivity index (χ1v) is 7.50. The Labute approximate surface area is 121 Å². The molecule has 4 heteroatoms. The number of rotatable bonds is 6. The minimum atomic E-state index is 0.0864. The van der Waals surface area contributed by atoms with E-state index in [1.54, 1.807) is 0 Å². The van der Waals surface area contributed by atoms with Crippen molar-refractivity contribution in [2.75, 3.05) is 26.2 Å². The molecule has 1 fully saturated rings. The summed E-state index contributed by atoms with van der Waals surface area (Å²) in [5.74, 6) is 0.0864. The molecule has 2 N–H and O–H groups in total. The van der Waals surface area contributed by atoms with Crippen molar-refractivity contribution in [1.29, 1.82) is 0 Å². The van der Waals surface area contributed by atoms with Crippen molar-refractivity contribution >= 4 is 5.91 Å². The highest BCUT2D eigenvalue weighted by atomic mass is 16.2. The molecule has 2 rings (SSSR count). The standard InChI is InChI=1S/C16H25N3O/c1-2-18(12-14-7-4-3-5-8-14)13-15-9-6-10-19(15)16(20)11-17/h3-5,7-8,15H,2,6,9-13,17H2,1H3. The fourth-order valence-corrected chi connectivity index (χ4v) is 2.92. The lowest BCUT2D eigenvalue weighted by Gasteiger charge is -2.30. The van der Waals surface area contributed by atoms with E-state index in [1.165, 1.54) is 5.56 Å². The average molecular weight is 275 g/mol. The van der Waals surface area contributed by atoms with Gasteiger partial charge in [0.2, 0.25) is 5.91 Å². The van der Waals surface area contributed by atoms with Crippen molar-refractivity contribution in [3.8, 4) is 0 Å². The van der Waals surface area contributed by atoms with Crippen molar-refractivity contribution < 1.29 is 4.79 Å². The van der Waals surface area contributed by atoms with Crippen LogP contribution in [0, 0.1) is 0 Å². The first kappa shape index (κ1) is 15.0. The summed E-state index contributed by atoms with van der Waals surface area (Å²) in [6, 6.07) is 10.8. The van der Waals surface area contributed by atoms with Gasteiger partial charge >= 0.3 is 0 Å². The number of hydrogen-bond donors (Lipinski definition) is 1. The van der Waals surface area contributed by atoms with Crippen molar-refractivity contribution in [2.45, 2.75) is 32.4 Å². The molecule has 0 spiro atoms. The first-order valence-electron chi connectivity index (χ1n) is 7.50. The number of nitrogens with two attached hydrogens (primary N) is 1. The summed E-state index contributed by atoms with van der Waals surface area (Å²) in [5, 5.41) is 0. The van der Waals surface area contributed by atoms with Gasteiger partial charge in [-0.05, 0) is 24.9 Å². The van der Waals surface area contributed by atoms with E-state index >= 15 is 0 Å². The van der Waals surface area contributed by atoms with Gasteiger partial charge in [0.1, 0.15) is 0 Å². The van der Waals surface area contributed by atoms with E-state index in [-0.39, 0.29) is 12.5 Å². The van der Waals surface area contributed by atoms with E-state index in [2.05, 4.69) is 36.1 Å². The summed E-state index contributed by atoms with van der Waals surface area (Å²) in [7, 11) is 0. The predicted molar refractivity (Wildman–Crippen MR) is 81.2 cm³/mol. The second-order valence-electron chi connectivity index (χ2n) is 5.40. The summed E-state index contributed by atoms with van der Waals surface area (Å²) in [5.41, 5.74) is 6.82. The summed E-state index contributed by atoms with van der Waals surface area (Å²) in [6.07, 6.45) is 2.19. The van der Waals surface area contributed by atoms with Crippen LogP contribution in [-0.4, -0.2) is 47.9 Å². The molecule has 1 aromatic carbocycles. The fourth-order valence-electron chi connectivity index (χ4n) is 2.92. The summed E-state index contributed by atoms with van der Waals surface area (Å²) >= 11 is 0. The minimum absolute atomic E-state index is 0.0864. The van der Waals surface area contributed by atoms with Gasteiger partial charge in [0, 0.05) is 25.7 Å². The molecule has 1 aliphatic heterocycles. The van der Waals surface area contributed by atoms with Crippen LogP contribution in [0.4, 0.5) is 0 Å². The molecule has 1 aliphatic rings. The molecule has 20 heavy (non-hydrogen) atoms. The first-order chi connectivity index (χ1) is 9.74. The van der Waals surface area contributed by atoms with Gasteiger partial charge in [0.15, 0.2) is 0 Å². The van der Waals surface area contributed by atoms with Gasteiger partial charge in [0.25, 0.3) is 0 Å². The highest BCUT2D eigenvalue weighted by Gasteiger charge is 2.28. The minimum Gasteiger partial charge on any atom is -0.337 e. The summed E-state index contributed by atoms with van der Waals surface area (Å²) in [6.45, 7) is 6.05. The molecule has 4 nitrogen and oxygen atoms in total. The Hall–Kier alpha value is -1.39. The normalized spacial score (nSPS) is 18.8. The van der Waals surface area contributed by atoms with Gasteiger partial charge in [-0.1, -0.05) is 37.3 Å². The molecule has 110 valence electrons. The van der Waals surface area contributed by atoms with Gasteiger partial charge in [-0.15, -0.1) is 0 Å². The molecule has 0 radical (unpaired) electrons. The van der Waals surface area contributed by atoms with Crippen LogP contribution in [0.3, 0.4) is 0 Å². The Morgan fingerprint density at radius 1 is 1.40 bits per heavy atom. The molecule has 0 saturated carbocycles. The Morgan fingerprint density at radius 2 is 2.15 bits per heavy atom. The van der Waals surface area contributed by atoms with Crippen LogP contribution in [0.25, 0.3) is 0 Å². The van der Waals surface area contributed by atoms with Crippen molar-refractivity contribution in [3.63, 3.8) is 0 Å². The maximum absolute atomic E-state index is 11.8. The zero-order chi connectivity index (χ0) is 14.4. The zero-order valence-electron chi connectivity index (χ0n) is 12.3. The van der Waals surface area contributed by atoms with Crippen molar-refractivity contribution in [1.82, 2.24) is 9.80 Å². The smallest absolute Gasteiger partial charge is 0.236 e. The molecule has 1 aromatic rings. The van der Waals surface area contributed by atoms with Gasteiger partial charge in [-0.3, -0.25) is 9.69 Å². The largest absolute Gasteiger partial charge is 0.337 e. The Balaban J connectivity index is 1.94. The van der Waals surface area contributed by atoms with E-state index in [0.29, 0.717) is 6.04 Å². The third-order valence-corrected chi connectivity index (χ3v) is 4.04. The Bertz CT molecular complexity index is 421. The van der Waals surface area contributed by atoms with Crippen LogP contribution < -0.4 is 5.73 Å². The number of benzene rings is 1. The van der Waals surface area contributed by atoms with E-state index in [9.17, 15) is 4.79 Å². The zero-order valence-corrected chi connectivity index (χ0v) is 12.3. The number of likely N-dealkylation sites (N-methyl/N-ethyl adjacent to an activating group) is 1. The number of hydrogen-bond acceptors (Lipinski definition) is 3. The van der Waals surface area contributed by atoms with E-state index in [4.69, 9.17) is 5.73 Å². The number of nitrogens with zero attached hydrogens (tertiary/aromatic N) is 2. The summed E-state index contributed by atoms with van der Waals surface area (Å²) < 4.78 is 0. The molecule has 0 aliphatic carbocycles. The number of likely N-dealkylation sites (tertiary alicyclic amines) is 1. The van der Waals surface area contributed by atoms with Crippen LogP contribution in [0.5, 0.6) is 0 Å². The fraction of sp³-hybridized carbons (Fsp3) is 0.562. The predicted octanol–water partition coefficient (Wildman–Crippen LogP) is 1.46. The van der Waals surface area contributed by atoms with Crippen LogP contribution in [0.15, 0.2) is 30.3 Å². The van der Waals surface area contributed by atoms with Gasteiger partial charge in [-0.25, -0.2) is 0 Å². The van der Waals surface area contributed by atoms with Crippen LogP contribution in [0.2, 0.25) is 0 Å². The monoisotopic (exact) mass is 275 g/mol. The van der Waals surface area contributed by atoms with Crippen LogP contribution >= 0.6 is 0 Å². The topological polar surface area (TPSA) is 49.6 Å². The maximum Gasteiger partial charge on any atom is 0.236 e. The van der Waals surface area contributed by atoms with E-state index in [0.717, 1.165) is 39.0 Å². The quantitative estimate of drug-likeness (QED) is 0.855. The van der Waals surface area contributed by atoms with Crippen molar-refractivity contribution in [3.05, 3.63) is 35.9 Å². The number of carbonyl (C=O) groups excluding carboxylic acids is 1. The SMILES string of the molecule is CCN(Cc1ccccc1)CC1CCCN1C(=O)CN. The molecule has 1 unspecified atom stereocenters. The Morgan fingerprint density at radius 3 is 2.80 bits per heavy atom. The lowest BCUT2D eigenvalue weighted by atomic mass is 10.1. The second kappa shape index (κ2) is 7.41. The molecule has 1 saturated heterocycles. The lowest BCUT2D eigenvalue weighted by molar-refractivity contribution is -0.130. The summed E-state index contributed by atoms with van der Waals surface area (Å²) in [4.78, 5) is 16.2. The third-order valence-electron chi connectivity index (χ3n) is 4.04. The highest BCUT2D eigenvalue weighted by Crippen LogP contribution is 2.19. The highest BCUT2D eigenvalue weighted by molar-refractivity contribution is 5.78. The molecule has 0 bridgehead atoms. The van der Waals surface area contributed by atoms with Gasteiger partial charge in [-0.2, -0.15) is 0 Å². The molecule has 0 aromatic heterocycles. The average Bonchev–Trinajstić information content (AvgIpc) is 2.95. The van der Waals surface area contributed by atoms with Gasteiger partial charge in [0.05, 0.1) is 6.54 Å². The molecule has 1 atom stereocenters. The number of amides is 1. The molecular formula is C16H25N3O. The lowest BCUT2D eigenvalue weighted by Crippen LogP contribution is -2.45. The van der Waals surface area contributed by atoms with Crippen LogP contribution in [-0.2, 0) is 11.3 Å². The van der Waals surface area contributed by atoms with Crippen molar-refractivity contribution in [2.24, 2.45) is 5.73 Å².